The predicted octanol–water partition coefficient (Wildman–Crippen LogP) is 1.75. The molecule has 34 heavy (non-hydrogen) atoms. The van der Waals surface area contributed by atoms with Crippen LogP contribution in [0.15, 0.2) is 53.4 Å². The van der Waals surface area contributed by atoms with Gasteiger partial charge in [0.2, 0.25) is 20.0 Å². The van der Waals surface area contributed by atoms with E-state index in [1.165, 1.54) is 21.7 Å². The Labute approximate surface area is 202 Å². The van der Waals surface area contributed by atoms with E-state index in [0.29, 0.717) is 5.56 Å². The van der Waals surface area contributed by atoms with Crippen molar-refractivity contribution in [2.75, 3.05) is 33.0 Å². The molecule has 1 aliphatic rings. The highest BCUT2D eigenvalue weighted by molar-refractivity contribution is 7.89. The zero-order valence-electron chi connectivity index (χ0n) is 19.7. The van der Waals surface area contributed by atoms with Crippen molar-refractivity contribution in [1.29, 1.82) is 0 Å². The van der Waals surface area contributed by atoms with Crippen LogP contribution in [0.3, 0.4) is 0 Å². The van der Waals surface area contributed by atoms with Gasteiger partial charge in [-0.2, -0.15) is 4.31 Å². The number of aliphatic hydroxyl groups is 1. The Morgan fingerprint density at radius 2 is 1.82 bits per heavy atom. The van der Waals surface area contributed by atoms with E-state index >= 15 is 0 Å². The summed E-state index contributed by atoms with van der Waals surface area (Å²) < 4.78 is 59.6. The van der Waals surface area contributed by atoms with Crippen molar-refractivity contribution in [2.24, 2.45) is 5.92 Å². The highest BCUT2D eigenvalue weighted by Crippen LogP contribution is 2.34. The van der Waals surface area contributed by atoms with Gasteiger partial charge in [-0.3, -0.25) is 0 Å². The molecule has 0 unspecified atom stereocenters. The molecule has 3 atom stereocenters. The van der Waals surface area contributed by atoms with E-state index in [4.69, 9.17) is 4.74 Å². The molecule has 8 nitrogen and oxygen atoms in total. The molecule has 10 heteroatoms. The van der Waals surface area contributed by atoms with Crippen LogP contribution in [-0.2, 0) is 20.0 Å². The molecule has 0 bridgehead atoms. The van der Waals surface area contributed by atoms with Gasteiger partial charge in [-0.25, -0.2) is 21.1 Å². The molecule has 0 fully saturated rings. The van der Waals surface area contributed by atoms with Crippen LogP contribution in [0, 0.1) is 17.8 Å². The molecular weight excluding hydrogens is 476 g/mol. The Balaban J connectivity index is 2.09. The lowest BCUT2D eigenvalue weighted by Gasteiger charge is -2.37. The standard InChI is InChI=1S/C24H30N2O6S2/c1-18-15-26(19(2)17-27)34(30,31)24-13-12-21(11-10-20-8-6-5-7-9-20)14-22(24)32-23(18)16-25(3)33(4,28)29/h5-9,12-14,18-19,23,27H,15-17H2,1-4H3/t18-,19-,23-/m1/s1. The zero-order chi connectivity index (χ0) is 25.1. The zero-order valence-corrected chi connectivity index (χ0v) is 21.3. The van der Waals surface area contributed by atoms with E-state index in [2.05, 4.69) is 11.8 Å². The lowest BCUT2D eigenvalue weighted by molar-refractivity contribution is 0.0905. The summed E-state index contributed by atoms with van der Waals surface area (Å²) in [6, 6.07) is 13.3. The Morgan fingerprint density at radius 3 is 2.44 bits per heavy atom. The fourth-order valence-electron chi connectivity index (χ4n) is 3.58. The van der Waals surface area contributed by atoms with Gasteiger partial charge >= 0.3 is 0 Å². The van der Waals surface area contributed by atoms with Crippen LogP contribution in [0.4, 0.5) is 0 Å². The minimum absolute atomic E-state index is 0.0424. The SMILES string of the molecule is C[C@@H]1CN([C@H](C)CO)S(=O)(=O)c2ccc(C#Cc3ccccc3)cc2O[C@@H]1CN(C)S(C)(=O)=O. The van der Waals surface area contributed by atoms with E-state index in [9.17, 15) is 21.9 Å². The van der Waals surface area contributed by atoms with E-state index < -0.39 is 32.2 Å². The maximum atomic E-state index is 13.5. The molecule has 0 spiro atoms. The Morgan fingerprint density at radius 1 is 1.18 bits per heavy atom. The molecule has 1 N–H and O–H groups in total. The number of ether oxygens (including phenoxy) is 1. The van der Waals surface area contributed by atoms with E-state index in [-0.39, 0.29) is 36.3 Å². The van der Waals surface area contributed by atoms with Gasteiger partial charge < -0.3 is 9.84 Å². The van der Waals surface area contributed by atoms with E-state index in [1.807, 2.05) is 30.3 Å². The van der Waals surface area contributed by atoms with Gasteiger partial charge in [-0.05, 0) is 37.3 Å². The van der Waals surface area contributed by atoms with Crippen molar-refractivity contribution < 1.29 is 26.7 Å². The maximum absolute atomic E-state index is 13.5. The maximum Gasteiger partial charge on any atom is 0.247 e. The van der Waals surface area contributed by atoms with E-state index in [1.54, 1.807) is 26.0 Å². The molecule has 2 aromatic rings. The van der Waals surface area contributed by atoms with Crippen LogP contribution >= 0.6 is 0 Å². The van der Waals surface area contributed by atoms with Crippen molar-refractivity contribution in [3.05, 3.63) is 59.7 Å². The quantitative estimate of drug-likeness (QED) is 0.620. The summed E-state index contributed by atoms with van der Waals surface area (Å²) in [5.41, 5.74) is 1.37. The topological polar surface area (TPSA) is 104 Å². The Bertz CT molecular complexity index is 1280. The first-order valence-electron chi connectivity index (χ1n) is 10.8. The average molecular weight is 507 g/mol. The lowest BCUT2D eigenvalue weighted by atomic mass is 10.0. The molecule has 0 saturated heterocycles. The van der Waals surface area contributed by atoms with Gasteiger partial charge in [-0.15, -0.1) is 0 Å². The summed E-state index contributed by atoms with van der Waals surface area (Å²) in [6.07, 6.45) is 0.482. The van der Waals surface area contributed by atoms with Crippen LogP contribution in [0.1, 0.15) is 25.0 Å². The highest BCUT2D eigenvalue weighted by atomic mass is 32.2. The first kappa shape index (κ1) is 26.2. The number of hydrogen-bond acceptors (Lipinski definition) is 6. The van der Waals surface area contributed by atoms with Crippen LogP contribution in [0.5, 0.6) is 5.75 Å². The summed E-state index contributed by atoms with van der Waals surface area (Å²) in [4.78, 5) is -0.0445. The molecule has 0 amide bonds. The van der Waals surface area contributed by atoms with E-state index in [0.717, 1.165) is 11.8 Å². The summed E-state index contributed by atoms with van der Waals surface area (Å²) in [5, 5.41) is 9.71. The molecule has 1 heterocycles. The van der Waals surface area contributed by atoms with Crippen molar-refractivity contribution in [1.82, 2.24) is 8.61 Å². The fourth-order valence-corrected chi connectivity index (χ4v) is 5.82. The molecular formula is C24H30N2O6S2. The van der Waals surface area contributed by atoms with Crippen molar-refractivity contribution in [3.63, 3.8) is 0 Å². The number of nitrogens with zero attached hydrogens (tertiary/aromatic N) is 2. The number of sulfonamides is 2. The molecule has 2 aromatic carbocycles. The van der Waals surface area contributed by atoms with Crippen LogP contribution in [0.2, 0.25) is 0 Å². The molecule has 0 saturated carbocycles. The van der Waals surface area contributed by atoms with Gasteiger partial charge in [0.05, 0.1) is 19.4 Å². The van der Waals surface area contributed by atoms with Crippen molar-refractivity contribution in [3.8, 4) is 17.6 Å². The summed E-state index contributed by atoms with van der Waals surface area (Å²) in [7, 11) is -6.00. The number of benzene rings is 2. The predicted molar refractivity (Wildman–Crippen MR) is 130 cm³/mol. The number of aliphatic hydroxyl groups excluding tert-OH is 1. The smallest absolute Gasteiger partial charge is 0.247 e. The molecule has 0 aliphatic carbocycles. The van der Waals surface area contributed by atoms with Crippen LogP contribution < -0.4 is 4.74 Å². The summed E-state index contributed by atoms with van der Waals surface area (Å²) >= 11 is 0. The van der Waals surface area contributed by atoms with Crippen LogP contribution in [-0.4, -0.2) is 75.7 Å². The summed E-state index contributed by atoms with van der Waals surface area (Å²) in [5.74, 6) is 5.81. The second-order valence-corrected chi connectivity index (χ2v) is 12.5. The third-order valence-electron chi connectivity index (χ3n) is 5.80. The largest absolute Gasteiger partial charge is 0.487 e. The third-order valence-corrected chi connectivity index (χ3v) is 9.10. The van der Waals surface area contributed by atoms with Crippen LogP contribution in [0.25, 0.3) is 0 Å². The first-order chi connectivity index (χ1) is 15.9. The molecule has 3 rings (SSSR count). The van der Waals surface area contributed by atoms with Crippen molar-refractivity contribution >= 4 is 20.0 Å². The molecule has 1 aliphatic heterocycles. The molecule has 184 valence electrons. The molecule has 0 aromatic heterocycles. The minimum atomic E-state index is -3.98. The first-order valence-corrected chi connectivity index (χ1v) is 14.1. The number of likely N-dealkylation sites (N-methyl/N-ethyl adjacent to an activating group) is 1. The fraction of sp³-hybridized carbons (Fsp3) is 0.417. The average Bonchev–Trinajstić information content (AvgIpc) is 2.79. The summed E-state index contributed by atoms with van der Waals surface area (Å²) in [6.45, 7) is 3.19. The van der Waals surface area contributed by atoms with Gasteiger partial charge in [0.1, 0.15) is 16.7 Å². The Kier molecular flexibility index (Phi) is 8.06. The Hall–Kier alpha value is -2.42. The number of hydrogen-bond donors (Lipinski definition) is 1. The molecule has 0 radical (unpaired) electrons. The third kappa shape index (κ3) is 5.98. The highest BCUT2D eigenvalue weighted by Gasteiger charge is 2.38. The van der Waals surface area contributed by atoms with Gasteiger partial charge in [-0.1, -0.05) is 37.0 Å². The normalized spacial score (nSPS) is 21.4. The van der Waals surface area contributed by atoms with Gasteiger partial charge in [0.15, 0.2) is 0 Å². The number of fused-ring (bicyclic) bond motifs is 1. The van der Waals surface area contributed by atoms with Crippen molar-refractivity contribution in [2.45, 2.75) is 30.9 Å². The second kappa shape index (κ2) is 10.5. The van der Waals surface area contributed by atoms with Gasteiger partial charge in [0.25, 0.3) is 0 Å². The monoisotopic (exact) mass is 506 g/mol. The van der Waals surface area contributed by atoms with Gasteiger partial charge in [0, 0.05) is 36.7 Å². The second-order valence-electron chi connectivity index (χ2n) is 8.56. The lowest BCUT2D eigenvalue weighted by Crippen LogP contribution is -2.50. The number of rotatable bonds is 5. The minimum Gasteiger partial charge on any atom is -0.487 e.